The number of hydrogen-bond acceptors (Lipinski definition) is 5. The summed E-state index contributed by atoms with van der Waals surface area (Å²) in [5.41, 5.74) is 1.59. The second-order valence-electron chi connectivity index (χ2n) is 5.58. The van der Waals surface area contributed by atoms with E-state index < -0.39 is 0 Å². The van der Waals surface area contributed by atoms with Crippen molar-refractivity contribution in [1.82, 2.24) is 8.75 Å². The third-order valence-corrected chi connectivity index (χ3v) is 5.75. The highest BCUT2D eigenvalue weighted by Gasteiger charge is 2.23. The Morgan fingerprint density at radius 1 is 1.00 bits per heavy atom. The molecule has 4 nitrogen and oxygen atoms in total. The maximum Gasteiger partial charge on any atom is 0.179 e. The number of nitrogens with zero attached hydrogens (tertiary/aromatic N) is 2. The highest BCUT2D eigenvalue weighted by Crippen LogP contribution is 2.47. The SMILES string of the molecule is CCCCCCCC(C)Oc1c(OC)c(Br)c2nsnc2c1Br. The molecule has 23 heavy (non-hydrogen) atoms. The molecule has 0 bridgehead atoms. The summed E-state index contributed by atoms with van der Waals surface area (Å²) in [6, 6.07) is 0. The van der Waals surface area contributed by atoms with Crippen molar-refractivity contribution in [3.05, 3.63) is 8.95 Å². The molecule has 0 aliphatic carbocycles. The number of hydrogen-bond donors (Lipinski definition) is 0. The van der Waals surface area contributed by atoms with E-state index in [0.29, 0.717) is 11.5 Å². The summed E-state index contributed by atoms with van der Waals surface area (Å²) in [5.74, 6) is 1.36. The largest absolute Gasteiger partial charge is 0.492 e. The topological polar surface area (TPSA) is 44.2 Å². The molecule has 0 aliphatic rings. The van der Waals surface area contributed by atoms with Crippen molar-refractivity contribution in [2.75, 3.05) is 7.11 Å². The summed E-state index contributed by atoms with van der Waals surface area (Å²) in [6.07, 6.45) is 7.49. The Labute approximate surface area is 158 Å². The molecule has 0 spiro atoms. The van der Waals surface area contributed by atoms with E-state index in [-0.39, 0.29) is 6.10 Å². The fourth-order valence-corrected chi connectivity index (χ4v) is 4.44. The molecule has 0 fully saturated rings. The van der Waals surface area contributed by atoms with Gasteiger partial charge < -0.3 is 9.47 Å². The quantitative estimate of drug-likeness (QED) is 0.404. The number of unbranched alkanes of at least 4 members (excludes halogenated alkanes) is 4. The minimum Gasteiger partial charge on any atom is -0.492 e. The summed E-state index contributed by atoms with van der Waals surface area (Å²) in [6.45, 7) is 4.33. The minimum absolute atomic E-state index is 0.123. The standard InChI is InChI=1S/C16H22Br2N2O2S/c1-4-5-6-7-8-9-10(2)22-16-12(18)14-13(19-23-20-14)11(17)15(16)21-3/h10H,4-9H2,1-3H3. The van der Waals surface area contributed by atoms with E-state index in [1.54, 1.807) is 7.11 Å². The normalized spacial score (nSPS) is 12.6. The second-order valence-corrected chi connectivity index (χ2v) is 7.70. The fraction of sp³-hybridized carbons (Fsp3) is 0.625. The van der Waals surface area contributed by atoms with Crippen LogP contribution in [0.2, 0.25) is 0 Å². The predicted octanol–water partition coefficient (Wildman–Crippen LogP) is 6.35. The molecule has 0 saturated heterocycles. The van der Waals surface area contributed by atoms with Gasteiger partial charge in [0, 0.05) is 0 Å². The number of aromatic nitrogens is 2. The number of halogens is 2. The molecule has 2 aromatic rings. The summed E-state index contributed by atoms with van der Waals surface area (Å²) in [5, 5.41) is 0. The molecule has 1 atom stereocenters. The van der Waals surface area contributed by atoms with E-state index in [1.807, 2.05) is 0 Å². The van der Waals surface area contributed by atoms with Gasteiger partial charge in [-0.25, -0.2) is 0 Å². The summed E-state index contributed by atoms with van der Waals surface area (Å²) in [7, 11) is 1.64. The van der Waals surface area contributed by atoms with E-state index >= 15 is 0 Å². The van der Waals surface area contributed by atoms with Crippen LogP contribution in [0.15, 0.2) is 8.95 Å². The molecule has 0 aliphatic heterocycles. The van der Waals surface area contributed by atoms with E-state index in [0.717, 1.165) is 26.4 Å². The van der Waals surface area contributed by atoms with Gasteiger partial charge >= 0.3 is 0 Å². The van der Waals surface area contributed by atoms with Gasteiger partial charge in [0.15, 0.2) is 11.5 Å². The van der Waals surface area contributed by atoms with Crippen molar-refractivity contribution in [3.63, 3.8) is 0 Å². The molecule has 1 heterocycles. The highest BCUT2D eigenvalue weighted by atomic mass is 79.9. The Bertz CT molecular complexity index is 649. The van der Waals surface area contributed by atoms with Crippen LogP contribution < -0.4 is 9.47 Å². The third-order valence-electron chi connectivity index (χ3n) is 3.75. The van der Waals surface area contributed by atoms with Crippen LogP contribution in [0.4, 0.5) is 0 Å². The monoisotopic (exact) mass is 464 g/mol. The first-order valence-corrected chi connectivity index (χ1v) is 10.3. The summed E-state index contributed by atoms with van der Waals surface area (Å²) in [4.78, 5) is 0. The van der Waals surface area contributed by atoms with Gasteiger partial charge in [0.1, 0.15) is 11.0 Å². The molecule has 0 saturated carbocycles. The number of ether oxygens (including phenoxy) is 2. The van der Waals surface area contributed by atoms with E-state index in [9.17, 15) is 0 Å². The smallest absolute Gasteiger partial charge is 0.179 e. The van der Waals surface area contributed by atoms with Crippen LogP contribution in [-0.4, -0.2) is 22.0 Å². The molecular formula is C16H22Br2N2O2S. The first-order chi connectivity index (χ1) is 11.1. The van der Waals surface area contributed by atoms with Crippen LogP contribution >= 0.6 is 43.6 Å². The molecule has 0 amide bonds. The van der Waals surface area contributed by atoms with Gasteiger partial charge in [-0.3, -0.25) is 0 Å². The molecule has 128 valence electrons. The number of benzene rings is 1. The maximum atomic E-state index is 6.17. The lowest BCUT2D eigenvalue weighted by Crippen LogP contribution is -2.13. The second kappa shape index (κ2) is 9.18. The Hall–Kier alpha value is -0.400. The average molecular weight is 466 g/mol. The van der Waals surface area contributed by atoms with Crippen molar-refractivity contribution in [3.8, 4) is 11.5 Å². The molecule has 7 heteroatoms. The zero-order valence-corrected chi connectivity index (χ0v) is 17.7. The number of methoxy groups -OCH3 is 1. The zero-order chi connectivity index (χ0) is 16.8. The summed E-state index contributed by atoms with van der Waals surface area (Å²) >= 11 is 8.33. The Kier molecular flexibility index (Phi) is 7.56. The van der Waals surface area contributed by atoms with Crippen molar-refractivity contribution < 1.29 is 9.47 Å². The van der Waals surface area contributed by atoms with E-state index in [2.05, 4.69) is 54.5 Å². The van der Waals surface area contributed by atoms with Gasteiger partial charge in [-0.2, -0.15) is 8.75 Å². The van der Waals surface area contributed by atoms with E-state index in [1.165, 1.54) is 43.8 Å². The van der Waals surface area contributed by atoms with Crippen LogP contribution in [0.5, 0.6) is 11.5 Å². The molecule has 1 unspecified atom stereocenters. The van der Waals surface area contributed by atoms with Crippen LogP contribution in [0, 0.1) is 0 Å². The summed E-state index contributed by atoms with van der Waals surface area (Å²) < 4.78 is 21.9. The van der Waals surface area contributed by atoms with Gasteiger partial charge in [-0.05, 0) is 51.6 Å². The van der Waals surface area contributed by atoms with Crippen LogP contribution in [0.1, 0.15) is 52.4 Å². The van der Waals surface area contributed by atoms with Gasteiger partial charge in [-0.15, -0.1) is 0 Å². The van der Waals surface area contributed by atoms with Crippen LogP contribution in [0.25, 0.3) is 11.0 Å². The average Bonchev–Trinajstić information content (AvgIpc) is 3.02. The lowest BCUT2D eigenvalue weighted by atomic mass is 10.1. The molecular weight excluding hydrogens is 444 g/mol. The van der Waals surface area contributed by atoms with Crippen molar-refractivity contribution in [2.24, 2.45) is 0 Å². The molecule has 0 N–H and O–H groups in total. The molecule has 1 aromatic carbocycles. The minimum atomic E-state index is 0.123. The zero-order valence-electron chi connectivity index (χ0n) is 13.7. The fourth-order valence-electron chi connectivity index (χ4n) is 2.47. The first kappa shape index (κ1) is 18.9. The molecule has 1 aromatic heterocycles. The van der Waals surface area contributed by atoms with Crippen LogP contribution in [0.3, 0.4) is 0 Å². The lowest BCUT2D eigenvalue weighted by Gasteiger charge is -2.19. The molecule has 2 rings (SSSR count). The third kappa shape index (κ3) is 4.57. The lowest BCUT2D eigenvalue weighted by molar-refractivity contribution is 0.196. The predicted molar refractivity (Wildman–Crippen MR) is 103 cm³/mol. The van der Waals surface area contributed by atoms with Crippen molar-refractivity contribution >= 4 is 54.6 Å². The van der Waals surface area contributed by atoms with Crippen molar-refractivity contribution in [2.45, 2.75) is 58.5 Å². The Balaban J connectivity index is 2.11. The molecule has 0 radical (unpaired) electrons. The Morgan fingerprint density at radius 2 is 1.61 bits per heavy atom. The highest BCUT2D eigenvalue weighted by molar-refractivity contribution is 9.11. The van der Waals surface area contributed by atoms with Crippen molar-refractivity contribution in [1.29, 1.82) is 0 Å². The van der Waals surface area contributed by atoms with Gasteiger partial charge in [-0.1, -0.05) is 32.6 Å². The maximum absolute atomic E-state index is 6.17. The number of rotatable bonds is 9. The van der Waals surface area contributed by atoms with E-state index in [4.69, 9.17) is 9.47 Å². The Morgan fingerprint density at radius 3 is 2.22 bits per heavy atom. The van der Waals surface area contributed by atoms with Gasteiger partial charge in [0.05, 0.1) is 33.9 Å². The van der Waals surface area contributed by atoms with Crippen LogP contribution in [-0.2, 0) is 0 Å². The first-order valence-electron chi connectivity index (χ1n) is 7.94. The van der Waals surface area contributed by atoms with Gasteiger partial charge in [0.25, 0.3) is 0 Å². The van der Waals surface area contributed by atoms with Gasteiger partial charge in [0.2, 0.25) is 0 Å². The number of fused-ring (bicyclic) bond motifs is 1.